The van der Waals surface area contributed by atoms with Crippen molar-refractivity contribution in [1.29, 1.82) is 0 Å². The van der Waals surface area contributed by atoms with Crippen LogP contribution in [0.1, 0.15) is 59.6 Å². The quantitative estimate of drug-likeness (QED) is 0.101. The number of halogens is 3. The first-order chi connectivity index (χ1) is 24.2. The number of carbonyl (C=O) groups excluding carboxylic acids is 2. The van der Waals surface area contributed by atoms with Gasteiger partial charge in [-0.05, 0) is 64.9 Å². The average molecular weight is 683 g/mol. The molecular formula is C41H45F3N4O2. The van der Waals surface area contributed by atoms with Gasteiger partial charge in [-0.1, -0.05) is 92.6 Å². The Morgan fingerprint density at radius 2 is 1.50 bits per heavy atom. The molecule has 50 heavy (non-hydrogen) atoms. The molecule has 0 unspecified atom stereocenters. The second-order valence-corrected chi connectivity index (χ2v) is 12.9. The van der Waals surface area contributed by atoms with Crippen LogP contribution in [0, 0.1) is 0 Å². The maximum atomic E-state index is 14.5. The van der Waals surface area contributed by atoms with E-state index in [1.165, 1.54) is 35.4 Å². The lowest BCUT2D eigenvalue weighted by atomic mass is 10.0. The molecule has 2 amide bonds. The maximum absolute atomic E-state index is 14.5. The fraction of sp³-hybridized carbons (Fsp3) is 0.341. The van der Waals surface area contributed by atoms with Crippen LogP contribution in [-0.4, -0.2) is 63.7 Å². The summed E-state index contributed by atoms with van der Waals surface area (Å²) in [4.78, 5) is 38.6. The number of carbonyl (C=O) groups is 2. The Balaban J connectivity index is 1.40. The first-order valence-electron chi connectivity index (χ1n) is 17.4. The number of hydrogen-bond donors (Lipinski definition) is 0. The van der Waals surface area contributed by atoms with E-state index in [1.807, 2.05) is 47.4 Å². The van der Waals surface area contributed by atoms with Crippen molar-refractivity contribution < 1.29 is 22.8 Å². The van der Waals surface area contributed by atoms with Gasteiger partial charge in [0.2, 0.25) is 11.8 Å². The zero-order valence-electron chi connectivity index (χ0n) is 28.6. The van der Waals surface area contributed by atoms with Crippen LogP contribution in [0.15, 0.2) is 109 Å². The number of pyridine rings is 1. The minimum atomic E-state index is -4.45. The molecule has 1 aromatic heterocycles. The average Bonchev–Trinajstić information content (AvgIpc) is 3.13. The van der Waals surface area contributed by atoms with E-state index in [-0.39, 0.29) is 18.9 Å². The predicted molar refractivity (Wildman–Crippen MR) is 191 cm³/mol. The first kappa shape index (κ1) is 36.5. The zero-order chi connectivity index (χ0) is 35.3. The number of amides is 2. The van der Waals surface area contributed by atoms with Crippen LogP contribution in [0.5, 0.6) is 0 Å². The normalized spacial score (nSPS) is 14.5. The summed E-state index contributed by atoms with van der Waals surface area (Å²) >= 11 is 0. The summed E-state index contributed by atoms with van der Waals surface area (Å²) in [5, 5.41) is 0. The minimum absolute atomic E-state index is 0.138. The van der Waals surface area contributed by atoms with Crippen LogP contribution < -0.4 is 0 Å². The van der Waals surface area contributed by atoms with Crippen LogP contribution in [-0.2, 0) is 41.7 Å². The van der Waals surface area contributed by atoms with E-state index >= 15 is 0 Å². The largest absolute Gasteiger partial charge is 0.416 e. The molecule has 1 atom stereocenters. The molecular weight excluding hydrogens is 637 g/mol. The Hall–Kier alpha value is -4.76. The van der Waals surface area contributed by atoms with Crippen LogP contribution in [0.3, 0.4) is 0 Å². The number of aryl methyl sites for hydroxylation is 1. The summed E-state index contributed by atoms with van der Waals surface area (Å²) in [6.07, 6.45) is 6.44. The van der Waals surface area contributed by atoms with Gasteiger partial charge in [-0.15, -0.1) is 0 Å². The Bertz CT molecular complexity index is 1670. The molecule has 0 N–H and O–H groups in total. The van der Waals surface area contributed by atoms with Gasteiger partial charge in [-0.2, -0.15) is 13.2 Å². The number of unbranched alkanes of at least 4 members (excludes halogenated alkanes) is 2. The zero-order valence-corrected chi connectivity index (χ0v) is 28.6. The van der Waals surface area contributed by atoms with Crippen LogP contribution in [0.4, 0.5) is 13.2 Å². The molecule has 1 saturated heterocycles. The minimum Gasteiger partial charge on any atom is -0.338 e. The van der Waals surface area contributed by atoms with Gasteiger partial charge in [-0.3, -0.25) is 19.5 Å². The third-order valence-electron chi connectivity index (χ3n) is 9.13. The summed E-state index contributed by atoms with van der Waals surface area (Å²) in [7, 11) is 0. The molecule has 5 rings (SSSR count). The summed E-state index contributed by atoms with van der Waals surface area (Å²) in [5.41, 5.74) is 3.84. The van der Waals surface area contributed by atoms with E-state index in [4.69, 9.17) is 0 Å². The third-order valence-corrected chi connectivity index (χ3v) is 9.13. The van der Waals surface area contributed by atoms with Gasteiger partial charge in [0, 0.05) is 64.2 Å². The standard InChI is InChI=1S/C41H45F3N4O2/c1-2-3-5-9-32-13-15-35(16-14-32)31-48(39(49)22-19-33-17-20-37(21-18-33)41(42,43)44)38(28-36-12-8-23-45-29-36)40(50)47-26-24-46(25-27-47)30-34-10-6-4-7-11-34/h4,6-8,10-23,29,38H,2-3,5,9,24-28,30-31H2,1H3/t38-/m0/s1. The lowest BCUT2D eigenvalue weighted by Crippen LogP contribution is -2.56. The van der Waals surface area contributed by atoms with Crippen LogP contribution in [0.25, 0.3) is 6.08 Å². The molecule has 9 heteroatoms. The molecule has 1 aliphatic heterocycles. The summed E-state index contributed by atoms with van der Waals surface area (Å²) in [6, 6.07) is 26.0. The highest BCUT2D eigenvalue weighted by Crippen LogP contribution is 2.29. The van der Waals surface area contributed by atoms with Gasteiger partial charge in [0.1, 0.15) is 6.04 Å². The number of nitrogens with zero attached hydrogens (tertiary/aromatic N) is 4. The van der Waals surface area contributed by atoms with Crippen molar-refractivity contribution in [2.75, 3.05) is 26.2 Å². The monoisotopic (exact) mass is 682 g/mol. The number of aromatic nitrogens is 1. The second-order valence-electron chi connectivity index (χ2n) is 12.9. The van der Waals surface area contributed by atoms with E-state index in [0.29, 0.717) is 31.7 Å². The fourth-order valence-electron chi connectivity index (χ4n) is 6.23. The lowest BCUT2D eigenvalue weighted by Gasteiger charge is -2.39. The van der Waals surface area contributed by atoms with Crippen molar-refractivity contribution in [1.82, 2.24) is 19.7 Å². The molecule has 1 fully saturated rings. The predicted octanol–water partition coefficient (Wildman–Crippen LogP) is 7.83. The molecule has 0 bridgehead atoms. The van der Waals surface area contributed by atoms with Crippen LogP contribution in [0.2, 0.25) is 0 Å². The van der Waals surface area contributed by atoms with Gasteiger partial charge >= 0.3 is 6.18 Å². The highest BCUT2D eigenvalue weighted by Gasteiger charge is 2.34. The van der Waals surface area contributed by atoms with E-state index in [1.54, 1.807) is 17.3 Å². The number of rotatable bonds is 14. The van der Waals surface area contributed by atoms with Crippen molar-refractivity contribution in [3.63, 3.8) is 0 Å². The molecule has 1 aliphatic rings. The molecule has 0 spiro atoms. The van der Waals surface area contributed by atoms with Crippen molar-refractivity contribution in [2.24, 2.45) is 0 Å². The van der Waals surface area contributed by atoms with Crippen molar-refractivity contribution in [2.45, 2.75) is 64.3 Å². The molecule has 4 aromatic rings. The van der Waals surface area contributed by atoms with Gasteiger partial charge in [0.05, 0.1) is 5.56 Å². The third kappa shape index (κ3) is 10.6. The van der Waals surface area contributed by atoms with Gasteiger partial charge in [-0.25, -0.2) is 0 Å². The molecule has 0 saturated carbocycles. The van der Waals surface area contributed by atoms with Gasteiger partial charge in [0.15, 0.2) is 0 Å². The Morgan fingerprint density at radius 3 is 2.14 bits per heavy atom. The van der Waals surface area contributed by atoms with Crippen molar-refractivity contribution in [3.05, 3.63) is 143 Å². The van der Waals surface area contributed by atoms with Crippen molar-refractivity contribution >= 4 is 17.9 Å². The van der Waals surface area contributed by atoms with E-state index in [9.17, 15) is 22.8 Å². The fourth-order valence-corrected chi connectivity index (χ4v) is 6.23. The number of benzene rings is 3. The van der Waals surface area contributed by atoms with E-state index in [0.717, 1.165) is 55.5 Å². The number of alkyl halides is 3. The molecule has 262 valence electrons. The molecule has 2 heterocycles. The van der Waals surface area contributed by atoms with Gasteiger partial charge in [0.25, 0.3) is 0 Å². The Morgan fingerprint density at radius 1 is 0.820 bits per heavy atom. The van der Waals surface area contributed by atoms with E-state index in [2.05, 4.69) is 41.1 Å². The van der Waals surface area contributed by atoms with Gasteiger partial charge < -0.3 is 9.80 Å². The molecule has 0 aliphatic carbocycles. The Labute approximate surface area is 293 Å². The SMILES string of the molecule is CCCCCc1ccc(CN(C(=O)C=Cc2ccc(C(F)(F)F)cc2)[C@@H](Cc2cccnc2)C(=O)N2CCN(Cc3ccccc3)CC2)cc1. The second kappa shape index (κ2) is 17.8. The smallest absolute Gasteiger partial charge is 0.338 e. The molecule has 6 nitrogen and oxygen atoms in total. The summed E-state index contributed by atoms with van der Waals surface area (Å²) < 4.78 is 39.4. The summed E-state index contributed by atoms with van der Waals surface area (Å²) in [5.74, 6) is -0.539. The molecule has 0 radical (unpaired) electrons. The number of hydrogen-bond acceptors (Lipinski definition) is 4. The topological polar surface area (TPSA) is 56.8 Å². The Kier molecular flexibility index (Phi) is 13.0. The first-order valence-corrected chi connectivity index (χ1v) is 17.4. The lowest BCUT2D eigenvalue weighted by molar-refractivity contribution is -0.145. The highest BCUT2D eigenvalue weighted by atomic mass is 19.4. The van der Waals surface area contributed by atoms with Crippen LogP contribution >= 0.6 is 0 Å². The maximum Gasteiger partial charge on any atom is 0.416 e. The summed E-state index contributed by atoms with van der Waals surface area (Å²) in [6.45, 7) is 5.65. The highest BCUT2D eigenvalue weighted by molar-refractivity contribution is 5.95. The van der Waals surface area contributed by atoms with E-state index < -0.39 is 23.7 Å². The number of piperazine rings is 1. The molecule has 3 aromatic carbocycles. The van der Waals surface area contributed by atoms with Crippen molar-refractivity contribution in [3.8, 4) is 0 Å².